The minimum absolute atomic E-state index is 0.0955. The molecule has 180 valence electrons. The first-order valence-electron chi connectivity index (χ1n) is 10.8. The van der Waals surface area contributed by atoms with E-state index in [2.05, 4.69) is 17.1 Å². The van der Waals surface area contributed by atoms with Crippen LogP contribution in [0.3, 0.4) is 0 Å². The van der Waals surface area contributed by atoms with E-state index in [1.165, 1.54) is 11.8 Å². The summed E-state index contributed by atoms with van der Waals surface area (Å²) in [6.07, 6.45) is 0. The average Bonchev–Trinajstić information content (AvgIpc) is 3.42. The maximum absolute atomic E-state index is 13.1. The Morgan fingerprint density at radius 3 is 2.64 bits per heavy atom. The van der Waals surface area contributed by atoms with Crippen LogP contribution in [0.15, 0.2) is 81.7 Å². The highest BCUT2D eigenvalue weighted by atomic mass is 35.5. The van der Waals surface area contributed by atoms with Gasteiger partial charge in [-0.25, -0.2) is 9.78 Å². The molecule has 0 spiro atoms. The molecule has 2 N–H and O–H groups in total. The zero-order valence-electron chi connectivity index (χ0n) is 19.0. The van der Waals surface area contributed by atoms with E-state index >= 15 is 0 Å². The van der Waals surface area contributed by atoms with Gasteiger partial charge >= 0.3 is 5.97 Å². The van der Waals surface area contributed by atoms with Crippen molar-refractivity contribution in [3.8, 4) is 22.7 Å². The van der Waals surface area contributed by atoms with E-state index in [0.29, 0.717) is 21.2 Å². The first-order valence-corrected chi connectivity index (χ1v) is 13.0. The predicted molar refractivity (Wildman–Crippen MR) is 139 cm³/mol. The minimum Gasteiger partial charge on any atom is -0.463 e. The molecular formula is C26H19ClN4O3S2. The summed E-state index contributed by atoms with van der Waals surface area (Å²) in [6.45, 7) is 1.84. The Kier molecular flexibility index (Phi) is 7.97. The van der Waals surface area contributed by atoms with Crippen molar-refractivity contribution in [1.29, 1.82) is 10.5 Å². The third kappa shape index (κ3) is 5.24. The molecule has 1 aliphatic heterocycles. The molecule has 0 radical (unpaired) electrons. The zero-order valence-corrected chi connectivity index (χ0v) is 21.4. The largest absolute Gasteiger partial charge is 0.463 e. The van der Waals surface area contributed by atoms with E-state index in [1.54, 1.807) is 54.7 Å². The van der Waals surface area contributed by atoms with Gasteiger partial charge in [0.2, 0.25) is 5.88 Å². The van der Waals surface area contributed by atoms with Gasteiger partial charge in [-0.05, 0) is 48.2 Å². The Morgan fingerprint density at radius 2 is 2.00 bits per heavy atom. The number of esters is 1. The average molecular weight is 535 g/mol. The van der Waals surface area contributed by atoms with Crippen molar-refractivity contribution < 1.29 is 14.3 Å². The van der Waals surface area contributed by atoms with E-state index in [1.807, 2.05) is 17.5 Å². The van der Waals surface area contributed by atoms with Crippen molar-refractivity contribution in [3.63, 3.8) is 0 Å². The quantitative estimate of drug-likeness (QED) is 0.300. The van der Waals surface area contributed by atoms with Gasteiger partial charge in [-0.1, -0.05) is 41.6 Å². The highest BCUT2D eigenvalue weighted by Crippen LogP contribution is 2.41. The molecule has 0 saturated heterocycles. The summed E-state index contributed by atoms with van der Waals surface area (Å²) >= 11 is 8.84. The molecule has 0 amide bonds. The molecule has 1 aromatic carbocycles. The Hall–Kier alpha value is -3.76. The van der Waals surface area contributed by atoms with Crippen LogP contribution in [0.25, 0.3) is 10.6 Å². The smallest absolute Gasteiger partial charge is 0.338 e. The highest BCUT2D eigenvalue weighted by molar-refractivity contribution is 7.99. The molecule has 0 aliphatic carbocycles. The Labute approximate surface area is 221 Å². The summed E-state index contributed by atoms with van der Waals surface area (Å²) in [4.78, 5) is 18.8. The van der Waals surface area contributed by atoms with Gasteiger partial charge in [0.05, 0.1) is 40.0 Å². The number of aromatic nitrogens is 1. The molecular weight excluding hydrogens is 516 g/mol. The maximum atomic E-state index is 13.1. The number of nitriles is 2. The van der Waals surface area contributed by atoms with Gasteiger partial charge in [0.1, 0.15) is 28.5 Å². The number of hydrogen-bond donors (Lipinski definition) is 1. The van der Waals surface area contributed by atoms with E-state index in [0.717, 1.165) is 10.6 Å². The van der Waals surface area contributed by atoms with Crippen LogP contribution < -0.4 is 5.73 Å². The summed E-state index contributed by atoms with van der Waals surface area (Å²) in [5.74, 6) is -1.14. The zero-order chi connectivity index (χ0) is 25.7. The third-order valence-corrected chi connectivity index (χ3v) is 7.43. The fourth-order valence-electron chi connectivity index (χ4n) is 3.68. The van der Waals surface area contributed by atoms with E-state index in [4.69, 9.17) is 26.8 Å². The normalized spacial score (nSPS) is 15.2. The number of carbonyl (C=O) groups excluding carboxylic acids is 1. The van der Waals surface area contributed by atoms with Crippen LogP contribution in [-0.2, 0) is 14.3 Å². The van der Waals surface area contributed by atoms with Gasteiger partial charge < -0.3 is 15.2 Å². The molecule has 0 saturated carbocycles. The molecule has 2 aromatic heterocycles. The van der Waals surface area contributed by atoms with E-state index < -0.39 is 11.9 Å². The molecule has 0 fully saturated rings. The lowest BCUT2D eigenvalue weighted by Crippen LogP contribution is -2.27. The number of rotatable bonds is 7. The second-order valence-electron chi connectivity index (χ2n) is 7.46. The lowest BCUT2D eigenvalue weighted by atomic mass is 9.83. The second kappa shape index (κ2) is 11.3. The summed E-state index contributed by atoms with van der Waals surface area (Å²) in [5.41, 5.74) is 8.18. The first-order chi connectivity index (χ1) is 17.5. The fourth-order valence-corrected chi connectivity index (χ4v) is 5.41. The number of thiophene rings is 1. The number of ether oxygens (including phenoxy) is 2. The monoisotopic (exact) mass is 534 g/mol. The number of thioether (sulfide) groups is 1. The van der Waals surface area contributed by atoms with Crippen molar-refractivity contribution in [2.45, 2.75) is 17.9 Å². The Bertz CT molecular complexity index is 1440. The standard InChI is InChI=1S/C26H19ClN4O3S2/c1-2-33-26(32)23-20(34-24(30)18(13-29)22(23)15-5-8-17(27)9-6-15)14-36-25-16(12-28)7-10-19(31-25)21-4-3-11-35-21/h3-11,22H,2,14,30H2,1H3/t22-/m0/s1. The van der Waals surface area contributed by atoms with Crippen molar-refractivity contribution in [1.82, 2.24) is 4.98 Å². The number of hydrogen-bond acceptors (Lipinski definition) is 9. The highest BCUT2D eigenvalue weighted by Gasteiger charge is 2.37. The number of nitrogens with zero attached hydrogens (tertiary/aromatic N) is 3. The van der Waals surface area contributed by atoms with Crippen molar-refractivity contribution in [2.75, 3.05) is 12.4 Å². The summed E-state index contributed by atoms with van der Waals surface area (Å²) in [7, 11) is 0. The molecule has 0 unspecified atom stereocenters. The number of nitrogens with two attached hydrogens (primary N) is 1. The van der Waals surface area contributed by atoms with Gasteiger partial charge in [0, 0.05) is 5.02 Å². The molecule has 1 atom stereocenters. The molecule has 4 rings (SSSR count). The fraction of sp³-hybridized carbons (Fsp3) is 0.154. The van der Waals surface area contributed by atoms with Crippen LogP contribution in [0.4, 0.5) is 0 Å². The third-order valence-electron chi connectivity index (χ3n) is 5.29. The predicted octanol–water partition coefficient (Wildman–Crippen LogP) is 5.75. The second-order valence-corrected chi connectivity index (χ2v) is 9.81. The molecule has 0 bridgehead atoms. The molecule has 10 heteroatoms. The molecule has 1 aliphatic rings. The summed E-state index contributed by atoms with van der Waals surface area (Å²) in [5, 5.41) is 22.4. The van der Waals surface area contributed by atoms with Gasteiger partial charge in [0.25, 0.3) is 0 Å². The van der Waals surface area contributed by atoms with E-state index in [-0.39, 0.29) is 35.1 Å². The topological polar surface area (TPSA) is 122 Å². The summed E-state index contributed by atoms with van der Waals surface area (Å²) < 4.78 is 11.1. The van der Waals surface area contributed by atoms with Crippen molar-refractivity contribution >= 4 is 40.7 Å². The van der Waals surface area contributed by atoms with Crippen LogP contribution in [0.2, 0.25) is 5.02 Å². The van der Waals surface area contributed by atoms with Gasteiger partial charge in [0.15, 0.2) is 0 Å². The van der Waals surface area contributed by atoms with E-state index in [9.17, 15) is 15.3 Å². The Balaban J connectivity index is 1.76. The van der Waals surface area contributed by atoms with Crippen LogP contribution >= 0.6 is 34.7 Å². The van der Waals surface area contributed by atoms with Crippen molar-refractivity contribution in [3.05, 3.63) is 92.8 Å². The first kappa shape index (κ1) is 25.3. The molecule has 3 heterocycles. The number of benzene rings is 1. The van der Waals surface area contributed by atoms with Gasteiger partial charge in [-0.15, -0.1) is 11.3 Å². The molecule has 36 heavy (non-hydrogen) atoms. The van der Waals surface area contributed by atoms with Gasteiger partial charge in [-0.2, -0.15) is 10.5 Å². The lowest BCUT2D eigenvalue weighted by molar-refractivity contribution is -0.139. The summed E-state index contributed by atoms with van der Waals surface area (Å²) in [6, 6.07) is 18.4. The van der Waals surface area contributed by atoms with Crippen LogP contribution in [0, 0.1) is 22.7 Å². The van der Waals surface area contributed by atoms with Crippen LogP contribution in [0.5, 0.6) is 0 Å². The molecule has 3 aromatic rings. The number of pyridine rings is 1. The Morgan fingerprint density at radius 1 is 1.22 bits per heavy atom. The van der Waals surface area contributed by atoms with Gasteiger partial charge in [-0.3, -0.25) is 0 Å². The minimum atomic E-state index is -0.795. The number of allylic oxidation sites excluding steroid dienone is 1. The van der Waals surface area contributed by atoms with Crippen LogP contribution in [0.1, 0.15) is 24.0 Å². The van der Waals surface area contributed by atoms with Crippen molar-refractivity contribution in [2.24, 2.45) is 5.73 Å². The lowest BCUT2D eigenvalue weighted by Gasteiger charge is -2.28. The number of halogens is 1. The number of carbonyl (C=O) groups is 1. The SMILES string of the molecule is CCOC(=O)C1=C(CSc2nc(-c3cccs3)ccc2C#N)OC(N)=C(C#N)[C@@H]1c1ccc(Cl)cc1. The van der Waals surface area contributed by atoms with Crippen LogP contribution in [-0.4, -0.2) is 23.3 Å². The maximum Gasteiger partial charge on any atom is 0.338 e. The molecule has 7 nitrogen and oxygen atoms in total.